The Balaban J connectivity index is 2.09. The molecule has 0 saturated carbocycles. The molecule has 4 aromatic carbocycles. The number of amides is 1. The van der Waals surface area contributed by atoms with Crippen molar-refractivity contribution in [3.63, 3.8) is 0 Å². The predicted octanol–water partition coefficient (Wildman–Crippen LogP) is 3.90. The van der Waals surface area contributed by atoms with Crippen LogP contribution in [0.2, 0.25) is 0 Å². The van der Waals surface area contributed by atoms with Crippen LogP contribution in [0.3, 0.4) is 0 Å². The Morgan fingerprint density at radius 2 is 1.55 bits per heavy atom. The van der Waals surface area contributed by atoms with Gasteiger partial charge in [0.25, 0.3) is 5.91 Å². The summed E-state index contributed by atoms with van der Waals surface area (Å²) in [5, 5.41) is 9.46. The molecule has 0 atom stereocenters. The second kappa shape index (κ2) is 4.75. The van der Waals surface area contributed by atoms with Crippen molar-refractivity contribution in [2.75, 3.05) is 6.54 Å². The highest BCUT2D eigenvalue weighted by Crippen LogP contribution is 2.35. The number of carbonyl (C=O) groups excluding carboxylic acids is 1. The monoisotopic (exact) mass is 282 g/mol. The Hall–Kier alpha value is -3.05. The fourth-order valence-electron chi connectivity index (χ4n) is 3.15. The maximum atomic E-state index is 12.3. The van der Waals surface area contributed by atoms with Gasteiger partial charge in [0.1, 0.15) is 0 Å². The molecule has 0 aliphatic heterocycles. The largest absolute Gasteiger partial charge is 0.341 e. The van der Waals surface area contributed by atoms with Crippen LogP contribution in [0.5, 0.6) is 0 Å². The zero-order chi connectivity index (χ0) is 15.1. The molecule has 0 aromatic heterocycles. The molecule has 1 N–H and O–H groups in total. The fraction of sp³-hybridized carbons (Fsp3) is 0.0500. The SMILES string of the molecule is [C]#CCNC(=O)c1ccc2ccc3cccc4ccc1c2c34. The second-order valence-corrected chi connectivity index (χ2v) is 5.33. The van der Waals surface area contributed by atoms with E-state index in [1.807, 2.05) is 18.2 Å². The van der Waals surface area contributed by atoms with Crippen LogP contribution in [-0.4, -0.2) is 12.5 Å². The van der Waals surface area contributed by atoms with Crippen LogP contribution in [0.1, 0.15) is 10.4 Å². The van der Waals surface area contributed by atoms with E-state index in [1.54, 1.807) is 0 Å². The molecule has 0 bridgehead atoms. The molecule has 0 heterocycles. The minimum Gasteiger partial charge on any atom is -0.341 e. The lowest BCUT2D eigenvalue weighted by Gasteiger charge is -2.13. The Kier molecular flexibility index (Phi) is 2.74. The van der Waals surface area contributed by atoms with Crippen LogP contribution < -0.4 is 5.32 Å². The summed E-state index contributed by atoms with van der Waals surface area (Å²) in [6.07, 6.45) is 6.93. The third kappa shape index (κ3) is 1.73. The van der Waals surface area contributed by atoms with Crippen LogP contribution >= 0.6 is 0 Å². The number of benzene rings is 4. The van der Waals surface area contributed by atoms with E-state index in [-0.39, 0.29) is 12.5 Å². The summed E-state index contributed by atoms with van der Waals surface area (Å²) in [6, 6.07) is 18.4. The molecule has 1 radical (unpaired) electrons. The molecule has 2 nitrogen and oxygen atoms in total. The molecule has 0 unspecified atom stereocenters. The summed E-state index contributed by atoms with van der Waals surface area (Å²) >= 11 is 0. The standard InChI is InChI=1S/C20H12NO/c1-2-12-21-20(22)17-11-9-15-7-6-13-4-3-5-14-8-10-16(17)19(15)18(13)14/h3-11H,12H2,(H,21,22). The Labute approximate surface area is 128 Å². The van der Waals surface area contributed by atoms with E-state index in [2.05, 4.69) is 47.6 Å². The summed E-state index contributed by atoms with van der Waals surface area (Å²) in [4.78, 5) is 12.3. The molecule has 103 valence electrons. The molecule has 0 fully saturated rings. The van der Waals surface area contributed by atoms with Gasteiger partial charge in [-0.25, -0.2) is 0 Å². The molecule has 1 amide bonds. The van der Waals surface area contributed by atoms with Crippen molar-refractivity contribution >= 4 is 38.2 Å². The lowest BCUT2D eigenvalue weighted by Crippen LogP contribution is -2.23. The zero-order valence-corrected chi connectivity index (χ0v) is 11.8. The molecule has 0 spiro atoms. The zero-order valence-electron chi connectivity index (χ0n) is 11.8. The van der Waals surface area contributed by atoms with Crippen LogP contribution in [-0.2, 0) is 0 Å². The van der Waals surface area contributed by atoms with Crippen molar-refractivity contribution in [2.24, 2.45) is 0 Å². The van der Waals surface area contributed by atoms with Crippen molar-refractivity contribution in [1.29, 1.82) is 0 Å². The average Bonchev–Trinajstić information content (AvgIpc) is 2.57. The van der Waals surface area contributed by atoms with E-state index in [1.165, 1.54) is 16.2 Å². The summed E-state index contributed by atoms with van der Waals surface area (Å²) in [5.41, 5.74) is 0.640. The lowest BCUT2D eigenvalue weighted by molar-refractivity contribution is 0.0960. The topological polar surface area (TPSA) is 29.1 Å². The van der Waals surface area contributed by atoms with Gasteiger partial charge < -0.3 is 5.32 Å². The molecule has 0 aliphatic rings. The third-order valence-electron chi connectivity index (χ3n) is 4.11. The van der Waals surface area contributed by atoms with Crippen molar-refractivity contribution < 1.29 is 4.79 Å². The van der Waals surface area contributed by atoms with Gasteiger partial charge >= 0.3 is 0 Å². The van der Waals surface area contributed by atoms with Gasteiger partial charge in [-0.3, -0.25) is 4.79 Å². The van der Waals surface area contributed by atoms with E-state index in [0.717, 1.165) is 16.2 Å². The van der Waals surface area contributed by atoms with Crippen molar-refractivity contribution in [2.45, 2.75) is 0 Å². The molecule has 4 aromatic rings. The Bertz CT molecular complexity index is 1040. The van der Waals surface area contributed by atoms with Crippen molar-refractivity contribution in [3.05, 3.63) is 66.6 Å². The van der Waals surface area contributed by atoms with Gasteiger partial charge in [0, 0.05) is 5.56 Å². The molecule has 0 saturated heterocycles. The first-order valence-electron chi connectivity index (χ1n) is 7.14. The quantitative estimate of drug-likeness (QED) is 0.438. The van der Waals surface area contributed by atoms with Crippen LogP contribution in [0, 0.1) is 12.3 Å². The minimum absolute atomic E-state index is 0.126. The van der Waals surface area contributed by atoms with Gasteiger partial charge in [-0.05, 0) is 44.8 Å². The van der Waals surface area contributed by atoms with Gasteiger partial charge in [-0.15, -0.1) is 0 Å². The highest BCUT2D eigenvalue weighted by molar-refractivity contribution is 6.26. The molecular formula is C20H12NO. The number of rotatable bonds is 2. The summed E-state index contributed by atoms with van der Waals surface area (Å²) in [7, 11) is 0. The Morgan fingerprint density at radius 3 is 2.27 bits per heavy atom. The summed E-state index contributed by atoms with van der Waals surface area (Å²) in [5.74, 6) is 2.02. The first kappa shape index (κ1) is 12.7. The van der Waals surface area contributed by atoms with E-state index < -0.39 is 0 Å². The molecular weight excluding hydrogens is 270 g/mol. The first-order chi connectivity index (χ1) is 10.8. The molecule has 22 heavy (non-hydrogen) atoms. The van der Waals surface area contributed by atoms with Crippen LogP contribution in [0.25, 0.3) is 32.3 Å². The highest BCUT2D eigenvalue weighted by atomic mass is 16.1. The maximum Gasteiger partial charge on any atom is 0.252 e. The number of carbonyl (C=O) groups is 1. The smallest absolute Gasteiger partial charge is 0.252 e. The summed E-state index contributed by atoms with van der Waals surface area (Å²) in [6.45, 7) is 0.126. The predicted molar refractivity (Wildman–Crippen MR) is 89.6 cm³/mol. The third-order valence-corrected chi connectivity index (χ3v) is 4.11. The minimum atomic E-state index is -0.169. The van der Waals surface area contributed by atoms with Crippen molar-refractivity contribution in [3.8, 4) is 5.92 Å². The van der Waals surface area contributed by atoms with E-state index in [4.69, 9.17) is 6.42 Å². The van der Waals surface area contributed by atoms with Crippen molar-refractivity contribution in [1.82, 2.24) is 5.32 Å². The Morgan fingerprint density at radius 1 is 0.909 bits per heavy atom. The van der Waals surface area contributed by atoms with E-state index in [9.17, 15) is 4.79 Å². The first-order valence-corrected chi connectivity index (χ1v) is 7.14. The summed E-state index contributed by atoms with van der Waals surface area (Å²) < 4.78 is 0. The van der Waals surface area contributed by atoms with Gasteiger partial charge in [0.05, 0.1) is 6.54 Å². The second-order valence-electron chi connectivity index (χ2n) is 5.33. The number of hydrogen-bond acceptors (Lipinski definition) is 1. The van der Waals surface area contributed by atoms with Crippen LogP contribution in [0.4, 0.5) is 0 Å². The highest BCUT2D eigenvalue weighted by Gasteiger charge is 2.14. The normalized spacial score (nSPS) is 11.0. The maximum absolute atomic E-state index is 12.3. The fourth-order valence-corrected chi connectivity index (χ4v) is 3.15. The van der Waals surface area contributed by atoms with Gasteiger partial charge in [0.2, 0.25) is 0 Å². The number of hydrogen-bond donors (Lipinski definition) is 1. The lowest BCUT2D eigenvalue weighted by atomic mass is 9.92. The van der Waals surface area contributed by atoms with E-state index in [0.29, 0.717) is 5.56 Å². The van der Waals surface area contributed by atoms with Gasteiger partial charge in [0.15, 0.2) is 0 Å². The van der Waals surface area contributed by atoms with Gasteiger partial charge in [-0.2, -0.15) is 0 Å². The molecule has 2 heteroatoms. The van der Waals surface area contributed by atoms with Gasteiger partial charge in [-0.1, -0.05) is 54.5 Å². The average molecular weight is 282 g/mol. The number of nitrogens with one attached hydrogen (secondary N) is 1. The van der Waals surface area contributed by atoms with E-state index >= 15 is 0 Å². The van der Waals surface area contributed by atoms with Crippen LogP contribution in [0.15, 0.2) is 54.6 Å². The molecule has 4 rings (SSSR count). The molecule has 0 aliphatic carbocycles.